The van der Waals surface area contributed by atoms with Crippen LogP contribution >= 0.6 is 0 Å². The molecule has 1 aromatic carbocycles. The molecule has 2 aromatic heterocycles. The summed E-state index contributed by atoms with van der Waals surface area (Å²) >= 11 is 0. The molecule has 5 rings (SSSR count). The van der Waals surface area contributed by atoms with Crippen LogP contribution in [-0.2, 0) is 7.05 Å². The Hall–Kier alpha value is -3.10. The Morgan fingerprint density at radius 1 is 1.00 bits per heavy atom. The summed E-state index contributed by atoms with van der Waals surface area (Å²) in [6, 6.07) is 7.22. The number of hydrogen-bond acceptors (Lipinski definition) is 6. The number of hydrogen-bond donors (Lipinski definition) is 1. The molecule has 1 amide bonds. The maximum Gasteiger partial charge on any atom is 0.258 e. The summed E-state index contributed by atoms with van der Waals surface area (Å²) in [7, 11) is 1.62. The van der Waals surface area contributed by atoms with E-state index in [2.05, 4.69) is 20.1 Å². The number of aryl methyl sites for hydroxylation is 1. The van der Waals surface area contributed by atoms with E-state index in [0.29, 0.717) is 28.4 Å². The van der Waals surface area contributed by atoms with E-state index < -0.39 is 0 Å². The molecule has 3 heterocycles. The summed E-state index contributed by atoms with van der Waals surface area (Å²) in [4.78, 5) is 47.9. The van der Waals surface area contributed by atoms with Gasteiger partial charge in [0.25, 0.3) is 11.5 Å². The molecule has 0 atom stereocenters. The highest BCUT2D eigenvalue weighted by molar-refractivity contribution is 5.99. The third-order valence-corrected chi connectivity index (χ3v) is 7.68. The van der Waals surface area contributed by atoms with Crippen molar-refractivity contribution in [2.75, 3.05) is 39.3 Å². The molecule has 184 valence electrons. The van der Waals surface area contributed by atoms with Gasteiger partial charge in [-0.2, -0.15) is 0 Å². The molecule has 0 bridgehead atoms. The minimum Gasteiger partial charge on any atom is -0.351 e. The molecule has 1 N–H and O–H groups in total. The molecule has 0 radical (unpaired) electrons. The zero-order chi connectivity index (χ0) is 24.4. The van der Waals surface area contributed by atoms with Crippen LogP contribution in [-0.4, -0.2) is 70.6 Å². The van der Waals surface area contributed by atoms with Gasteiger partial charge < -0.3 is 9.88 Å². The molecule has 8 nitrogen and oxygen atoms in total. The Labute approximate surface area is 204 Å². The maximum absolute atomic E-state index is 13.0. The van der Waals surface area contributed by atoms with E-state index in [0.717, 1.165) is 38.8 Å². The predicted octanol–water partition coefficient (Wildman–Crippen LogP) is 2.13. The average Bonchev–Trinajstić information content (AvgIpc) is 2.99. The van der Waals surface area contributed by atoms with Gasteiger partial charge in [0.2, 0.25) is 0 Å². The summed E-state index contributed by atoms with van der Waals surface area (Å²) in [5.41, 5.74) is 0.310. The van der Waals surface area contributed by atoms with Crippen molar-refractivity contribution in [3.63, 3.8) is 0 Å². The number of carbonyl (C=O) groups excluding carboxylic acids is 1. The minimum atomic E-state index is -0.292. The summed E-state index contributed by atoms with van der Waals surface area (Å²) in [6.07, 6.45) is 9.72. The summed E-state index contributed by atoms with van der Waals surface area (Å²) in [5.74, 6) is -0.203. The van der Waals surface area contributed by atoms with E-state index in [9.17, 15) is 14.4 Å². The Balaban J connectivity index is 1.24. The fourth-order valence-electron chi connectivity index (χ4n) is 5.57. The normalized spacial score (nSPS) is 18.2. The highest BCUT2D eigenvalue weighted by Crippen LogP contribution is 2.23. The third kappa shape index (κ3) is 4.86. The van der Waals surface area contributed by atoms with Crippen molar-refractivity contribution < 1.29 is 4.79 Å². The van der Waals surface area contributed by atoms with Gasteiger partial charge in [0.15, 0.2) is 5.43 Å². The number of amides is 1. The van der Waals surface area contributed by atoms with Gasteiger partial charge in [-0.05, 0) is 37.1 Å². The Morgan fingerprint density at radius 2 is 1.77 bits per heavy atom. The lowest BCUT2D eigenvalue weighted by Gasteiger charge is -2.40. The first-order chi connectivity index (χ1) is 17.0. The Bertz CT molecular complexity index is 1350. The smallest absolute Gasteiger partial charge is 0.258 e. The van der Waals surface area contributed by atoms with Crippen molar-refractivity contribution >= 4 is 27.6 Å². The van der Waals surface area contributed by atoms with Gasteiger partial charge in [-0.25, -0.2) is 0 Å². The second kappa shape index (κ2) is 10.3. The van der Waals surface area contributed by atoms with E-state index in [1.54, 1.807) is 31.3 Å². The van der Waals surface area contributed by atoms with Crippen molar-refractivity contribution in [2.24, 2.45) is 7.05 Å². The van der Waals surface area contributed by atoms with Crippen LogP contribution in [0.5, 0.6) is 0 Å². The zero-order valence-electron chi connectivity index (χ0n) is 20.3. The quantitative estimate of drug-likeness (QED) is 0.608. The predicted molar refractivity (Wildman–Crippen MR) is 138 cm³/mol. The van der Waals surface area contributed by atoms with Crippen LogP contribution in [0.2, 0.25) is 0 Å². The van der Waals surface area contributed by atoms with Gasteiger partial charge in [-0.1, -0.05) is 19.3 Å². The zero-order valence-corrected chi connectivity index (χ0v) is 20.3. The van der Waals surface area contributed by atoms with Crippen LogP contribution in [0.15, 0.2) is 46.2 Å². The van der Waals surface area contributed by atoms with Crippen molar-refractivity contribution in [1.29, 1.82) is 0 Å². The second-order valence-corrected chi connectivity index (χ2v) is 9.77. The van der Waals surface area contributed by atoms with Crippen LogP contribution in [0, 0.1) is 0 Å². The number of piperazine rings is 1. The van der Waals surface area contributed by atoms with E-state index >= 15 is 0 Å². The van der Waals surface area contributed by atoms with Gasteiger partial charge >= 0.3 is 0 Å². The molecule has 0 spiro atoms. The highest BCUT2D eigenvalue weighted by atomic mass is 16.2. The van der Waals surface area contributed by atoms with Gasteiger partial charge in [-0.15, -0.1) is 0 Å². The Morgan fingerprint density at radius 3 is 2.54 bits per heavy atom. The lowest BCUT2D eigenvalue weighted by atomic mass is 9.94. The second-order valence-electron chi connectivity index (χ2n) is 9.77. The van der Waals surface area contributed by atoms with Gasteiger partial charge in [0.05, 0.1) is 16.3 Å². The first-order valence-corrected chi connectivity index (χ1v) is 12.7. The molecule has 1 aliphatic carbocycles. The van der Waals surface area contributed by atoms with Crippen molar-refractivity contribution in [3.05, 3.63) is 62.8 Å². The maximum atomic E-state index is 13.0. The highest BCUT2D eigenvalue weighted by Gasteiger charge is 2.25. The van der Waals surface area contributed by atoms with Crippen molar-refractivity contribution in [2.45, 2.75) is 38.1 Å². The molecule has 1 saturated heterocycles. The van der Waals surface area contributed by atoms with Crippen LogP contribution in [0.25, 0.3) is 21.7 Å². The monoisotopic (exact) mass is 475 g/mol. The average molecular weight is 476 g/mol. The van der Waals surface area contributed by atoms with Gasteiger partial charge in [0, 0.05) is 75.7 Å². The standard InChI is InChI=1S/C27H33N5O3/c1-30-24-17-19(7-8-22(24)25(33)23-18-28-10-9-21(23)27(30)35)26(34)29-11-12-31-13-15-32(16-14-31)20-5-3-2-4-6-20/h7-10,17-18,20H,2-6,11-16H2,1H3,(H,29,34). The number of carbonyl (C=O) groups is 1. The van der Waals surface area contributed by atoms with Crippen molar-refractivity contribution in [1.82, 2.24) is 24.7 Å². The number of nitrogens with one attached hydrogen (secondary N) is 1. The molecule has 0 unspecified atom stereocenters. The Kier molecular flexibility index (Phi) is 6.92. The van der Waals surface area contributed by atoms with Crippen LogP contribution in [0.3, 0.4) is 0 Å². The number of aromatic nitrogens is 2. The number of nitrogens with zero attached hydrogens (tertiary/aromatic N) is 4. The molecular formula is C27H33N5O3. The van der Waals surface area contributed by atoms with Gasteiger partial charge in [0.1, 0.15) is 0 Å². The van der Waals surface area contributed by atoms with Crippen molar-refractivity contribution in [3.8, 4) is 0 Å². The largest absolute Gasteiger partial charge is 0.351 e. The van der Waals surface area contributed by atoms with Crippen LogP contribution in [0.1, 0.15) is 42.5 Å². The molecule has 1 saturated carbocycles. The molecule has 2 aliphatic rings. The first-order valence-electron chi connectivity index (χ1n) is 12.7. The number of rotatable bonds is 5. The van der Waals surface area contributed by atoms with Gasteiger partial charge in [-0.3, -0.25) is 29.2 Å². The SMILES string of the molecule is Cn1c(=O)c2ccncc2c(=O)c2ccc(C(=O)NCCN3CCN(C4CCCCC4)CC3)cc21. The molecule has 2 fully saturated rings. The van der Waals surface area contributed by atoms with E-state index in [-0.39, 0.29) is 22.3 Å². The fourth-order valence-corrected chi connectivity index (χ4v) is 5.57. The van der Waals surface area contributed by atoms with E-state index in [1.165, 1.54) is 49.1 Å². The topological polar surface area (TPSA) is 87.5 Å². The summed E-state index contributed by atoms with van der Waals surface area (Å²) in [6.45, 7) is 5.66. The lowest BCUT2D eigenvalue weighted by molar-refractivity contribution is 0.0777. The summed E-state index contributed by atoms with van der Waals surface area (Å²) < 4.78 is 1.43. The number of benzene rings is 1. The lowest BCUT2D eigenvalue weighted by Crippen LogP contribution is -2.52. The van der Waals surface area contributed by atoms with E-state index in [1.807, 2.05) is 0 Å². The number of pyridine rings is 1. The molecule has 1 aliphatic heterocycles. The number of fused-ring (bicyclic) bond motifs is 2. The fraction of sp³-hybridized carbons (Fsp3) is 0.481. The molecule has 8 heteroatoms. The molecule has 35 heavy (non-hydrogen) atoms. The molecular weight excluding hydrogens is 442 g/mol. The molecule has 3 aromatic rings. The van der Waals surface area contributed by atoms with E-state index in [4.69, 9.17) is 0 Å². The van der Waals surface area contributed by atoms with Crippen LogP contribution in [0.4, 0.5) is 0 Å². The third-order valence-electron chi connectivity index (χ3n) is 7.68. The minimum absolute atomic E-state index is 0.203. The van der Waals surface area contributed by atoms with Crippen LogP contribution < -0.4 is 16.3 Å². The summed E-state index contributed by atoms with van der Waals surface area (Å²) in [5, 5.41) is 3.99. The first kappa shape index (κ1) is 23.6.